The molecule has 0 heterocycles. The summed E-state index contributed by atoms with van der Waals surface area (Å²) in [5.74, 6) is -1.99. The standard InChI is InChI=1S/C17H10F2O/c18-14-7-8-15(16(19)10-14)17(20)13-6-5-11-3-1-2-4-12(11)9-13/h1-10H. The molecule has 0 radical (unpaired) electrons. The Bertz CT molecular complexity index is 809. The van der Waals surface area contributed by atoms with Crippen LogP contribution in [0.1, 0.15) is 15.9 Å². The zero-order chi connectivity index (χ0) is 14.1. The van der Waals surface area contributed by atoms with E-state index in [-0.39, 0.29) is 5.56 Å². The van der Waals surface area contributed by atoms with Gasteiger partial charge in [-0.15, -0.1) is 0 Å². The van der Waals surface area contributed by atoms with E-state index in [4.69, 9.17) is 0 Å². The van der Waals surface area contributed by atoms with Crippen LogP contribution >= 0.6 is 0 Å². The Balaban J connectivity index is 2.08. The monoisotopic (exact) mass is 268 g/mol. The van der Waals surface area contributed by atoms with Crippen molar-refractivity contribution < 1.29 is 13.6 Å². The first-order chi connectivity index (χ1) is 9.65. The van der Waals surface area contributed by atoms with E-state index in [9.17, 15) is 13.6 Å². The van der Waals surface area contributed by atoms with E-state index < -0.39 is 17.4 Å². The molecule has 0 atom stereocenters. The van der Waals surface area contributed by atoms with Gasteiger partial charge in [-0.25, -0.2) is 8.78 Å². The van der Waals surface area contributed by atoms with Gasteiger partial charge >= 0.3 is 0 Å². The van der Waals surface area contributed by atoms with E-state index >= 15 is 0 Å². The van der Waals surface area contributed by atoms with Crippen LogP contribution in [0.4, 0.5) is 8.78 Å². The van der Waals surface area contributed by atoms with E-state index in [0.717, 1.165) is 16.8 Å². The van der Waals surface area contributed by atoms with Crippen molar-refractivity contribution in [1.82, 2.24) is 0 Å². The molecule has 0 spiro atoms. The summed E-state index contributed by atoms with van der Waals surface area (Å²) in [6, 6.07) is 15.7. The molecule has 98 valence electrons. The largest absolute Gasteiger partial charge is 0.288 e. The van der Waals surface area contributed by atoms with Gasteiger partial charge in [0.05, 0.1) is 5.56 Å². The summed E-state index contributed by atoms with van der Waals surface area (Å²) in [5, 5.41) is 1.91. The summed E-state index contributed by atoms with van der Waals surface area (Å²) >= 11 is 0. The van der Waals surface area contributed by atoms with Crippen molar-refractivity contribution in [2.75, 3.05) is 0 Å². The molecule has 0 saturated carbocycles. The van der Waals surface area contributed by atoms with Crippen molar-refractivity contribution in [2.24, 2.45) is 0 Å². The molecule has 0 aliphatic carbocycles. The Hall–Kier alpha value is -2.55. The molecule has 20 heavy (non-hydrogen) atoms. The van der Waals surface area contributed by atoms with Crippen molar-refractivity contribution in [3.8, 4) is 0 Å². The minimum atomic E-state index is -0.844. The minimum Gasteiger partial charge on any atom is -0.288 e. The second-order valence-corrected chi connectivity index (χ2v) is 4.52. The number of fused-ring (bicyclic) bond motifs is 1. The third-order valence-electron chi connectivity index (χ3n) is 3.19. The maximum Gasteiger partial charge on any atom is 0.195 e. The Kier molecular flexibility index (Phi) is 3.03. The van der Waals surface area contributed by atoms with E-state index in [0.29, 0.717) is 11.6 Å². The van der Waals surface area contributed by atoms with Crippen LogP contribution in [-0.2, 0) is 0 Å². The average Bonchev–Trinajstić information content (AvgIpc) is 2.46. The number of carbonyl (C=O) groups excluding carboxylic acids is 1. The number of halogens is 2. The lowest BCUT2D eigenvalue weighted by Crippen LogP contribution is -2.04. The molecule has 0 amide bonds. The molecule has 0 fully saturated rings. The lowest BCUT2D eigenvalue weighted by atomic mass is 9.99. The van der Waals surface area contributed by atoms with Crippen LogP contribution < -0.4 is 0 Å². The maximum atomic E-state index is 13.6. The Morgan fingerprint density at radius 3 is 2.30 bits per heavy atom. The summed E-state index contributed by atoms with van der Waals surface area (Å²) in [5.41, 5.74) is 0.260. The molecule has 0 bridgehead atoms. The molecule has 3 heteroatoms. The van der Waals surface area contributed by atoms with E-state index in [1.807, 2.05) is 30.3 Å². The number of benzene rings is 3. The van der Waals surface area contributed by atoms with Crippen molar-refractivity contribution in [3.63, 3.8) is 0 Å². The second-order valence-electron chi connectivity index (χ2n) is 4.52. The quantitative estimate of drug-likeness (QED) is 0.631. The van der Waals surface area contributed by atoms with Crippen molar-refractivity contribution in [3.05, 3.63) is 83.4 Å². The SMILES string of the molecule is O=C(c1ccc2ccccc2c1)c1ccc(F)cc1F. The second kappa shape index (κ2) is 4.85. The van der Waals surface area contributed by atoms with Crippen LogP contribution in [-0.4, -0.2) is 5.78 Å². The van der Waals surface area contributed by atoms with Gasteiger partial charge in [0.2, 0.25) is 0 Å². The molecular weight excluding hydrogens is 258 g/mol. The predicted octanol–water partition coefficient (Wildman–Crippen LogP) is 4.35. The Morgan fingerprint density at radius 1 is 0.800 bits per heavy atom. The number of hydrogen-bond donors (Lipinski definition) is 0. The van der Waals surface area contributed by atoms with Crippen LogP contribution in [0.15, 0.2) is 60.7 Å². The van der Waals surface area contributed by atoms with Crippen LogP contribution in [0.2, 0.25) is 0 Å². The van der Waals surface area contributed by atoms with Gasteiger partial charge in [0, 0.05) is 11.6 Å². The van der Waals surface area contributed by atoms with E-state index in [1.165, 1.54) is 6.07 Å². The van der Waals surface area contributed by atoms with Gasteiger partial charge < -0.3 is 0 Å². The smallest absolute Gasteiger partial charge is 0.195 e. The average molecular weight is 268 g/mol. The minimum absolute atomic E-state index is 0.123. The molecule has 3 aromatic rings. The van der Waals surface area contributed by atoms with Gasteiger partial charge in [0.15, 0.2) is 5.78 Å². The summed E-state index contributed by atoms with van der Waals surface area (Å²) in [4.78, 5) is 12.3. The Labute approximate surface area is 114 Å². The fraction of sp³-hybridized carbons (Fsp3) is 0. The van der Waals surface area contributed by atoms with Gasteiger partial charge in [0.1, 0.15) is 11.6 Å². The lowest BCUT2D eigenvalue weighted by Gasteiger charge is -2.05. The molecule has 0 aliphatic heterocycles. The molecule has 0 aliphatic rings. The van der Waals surface area contributed by atoms with E-state index in [1.54, 1.807) is 12.1 Å². The summed E-state index contributed by atoms with van der Waals surface area (Å²) < 4.78 is 26.5. The molecule has 0 unspecified atom stereocenters. The Morgan fingerprint density at radius 2 is 1.55 bits per heavy atom. The summed E-state index contributed by atoms with van der Waals surface area (Å²) in [6.45, 7) is 0. The fourth-order valence-corrected chi connectivity index (χ4v) is 2.16. The molecule has 3 rings (SSSR count). The zero-order valence-electron chi connectivity index (χ0n) is 10.4. The number of ketones is 1. The first-order valence-electron chi connectivity index (χ1n) is 6.14. The van der Waals surface area contributed by atoms with Crippen molar-refractivity contribution in [1.29, 1.82) is 0 Å². The highest BCUT2D eigenvalue weighted by atomic mass is 19.1. The topological polar surface area (TPSA) is 17.1 Å². The highest BCUT2D eigenvalue weighted by Gasteiger charge is 2.14. The molecule has 0 N–H and O–H groups in total. The van der Waals surface area contributed by atoms with Crippen LogP contribution in [0.3, 0.4) is 0 Å². The summed E-state index contributed by atoms with van der Waals surface area (Å²) in [6.07, 6.45) is 0. The molecule has 1 nitrogen and oxygen atoms in total. The summed E-state index contributed by atoms with van der Waals surface area (Å²) in [7, 11) is 0. The van der Waals surface area contributed by atoms with Gasteiger partial charge in [0.25, 0.3) is 0 Å². The van der Waals surface area contributed by atoms with Crippen molar-refractivity contribution >= 4 is 16.6 Å². The number of carbonyl (C=O) groups is 1. The highest BCUT2D eigenvalue weighted by Crippen LogP contribution is 2.19. The van der Waals surface area contributed by atoms with Gasteiger partial charge in [-0.05, 0) is 29.0 Å². The zero-order valence-corrected chi connectivity index (χ0v) is 10.4. The maximum absolute atomic E-state index is 13.6. The van der Waals surface area contributed by atoms with Crippen LogP contribution in [0, 0.1) is 11.6 Å². The third-order valence-corrected chi connectivity index (χ3v) is 3.19. The molecular formula is C17H10F2O. The number of rotatable bonds is 2. The number of hydrogen-bond acceptors (Lipinski definition) is 1. The molecule has 0 saturated heterocycles. The molecule has 0 aromatic heterocycles. The van der Waals surface area contributed by atoms with Gasteiger partial charge in [-0.1, -0.05) is 36.4 Å². The third kappa shape index (κ3) is 2.18. The fourth-order valence-electron chi connectivity index (χ4n) is 2.16. The van der Waals surface area contributed by atoms with Crippen LogP contribution in [0.25, 0.3) is 10.8 Å². The highest BCUT2D eigenvalue weighted by molar-refractivity contribution is 6.10. The predicted molar refractivity (Wildman–Crippen MR) is 73.7 cm³/mol. The van der Waals surface area contributed by atoms with Gasteiger partial charge in [-0.3, -0.25) is 4.79 Å². The molecule has 3 aromatic carbocycles. The lowest BCUT2D eigenvalue weighted by molar-refractivity contribution is 0.103. The van der Waals surface area contributed by atoms with Gasteiger partial charge in [-0.2, -0.15) is 0 Å². The van der Waals surface area contributed by atoms with Crippen molar-refractivity contribution in [2.45, 2.75) is 0 Å². The first-order valence-corrected chi connectivity index (χ1v) is 6.14. The first kappa shape index (κ1) is 12.5. The van der Waals surface area contributed by atoms with Crippen LogP contribution in [0.5, 0.6) is 0 Å². The normalized spacial score (nSPS) is 10.7. The van der Waals surface area contributed by atoms with E-state index in [2.05, 4.69) is 0 Å².